The van der Waals surface area contributed by atoms with E-state index >= 15 is 0 Å². The molecule has 0 heterocycles. The van der Waals surface area contributed by atoms with Gasteiger partial charge in [-0.05, 0) is 30.5 Å². The van der Waals surface area contributed by atoms with Crippen molar-refractivity contribution in [2.24, 2.45) is 0 Å². The Bertz CT molecular complexity index is 490. The van der Waals surface area contributed by atoms with Crippen molar-refractivity contribution in [2.45, 2.75) is 25.4 Å². The van der Waals surface area contributed by atoms with E-state index in [1.165, 1.54) is 0 Å². The highest BCUT2D eigenvalue weighted by Gasteiger charge is 2.22. The number of hydrogen-bond acceptors (Lipinski definition) is 4. The lowest BCUT2D eigenvalue weighted by atomic mass is 10.2. The summed E-state index contributed by atoms with van der Waals surface area (Å²) in [4.78, 5) is 11.6. The van der Waals surface area contributed by atoms with E-state index in [9.17, 15) is 4.79 Å². The van der Waals surface area contributed by atoms with Crippen LogP contribution >= 0.6 is 15.9 Å². The molecule has 6 heteroatoms. The third-order valence-corrected chi connectivity index (χ3v) is 3.83. The first-order chi connectivity index (χ1) is 9.63. The number of methoxy groups -OCH3 is 2. The average Bonchev–Trinajstić information content (AvgIpc) is 3.23. The van der Waals surface area contributed by atoms with Crippen LogP contribution < -0.4 is 20.1 Å². The van der Waals surface area contributed by atoms with Gasteiger partial charge in [-0.3, -0.25) is 4.79 Å². The van der Waals surface area contributed by atoms with Gasteiger partial charge in [0.2, 0.25) is 5.91 Å². The van der Waals surface area contributed by atoms with Crippen LogP contribution in [0, 0.1) is 0 Å². The molecular formula is C14H19BrN2O3. The number of halogens is 1. The standard InChI is InChI=1S/C14H19BrN2O3/c1-19-12-5-9(11(15)6-13(12)20-2)7-16-8-14(18)17-10-3-4-10/h5-6,10,16H,3-4,7-8H2,1-2H3,(H,17,18). The maximum atomic E-state index is 11.6. The maximum absolute atomic E-state index is 11.6. The topological polar surface area (TPSA) is 59.6 Å². The van der Waals surface area contributed by atoms with E-state index in [2.05, 4.69) is 26.6 Å². The van der Waals surface area contributed by atoms with Gasteiger partial charge in [0.1, 0.15) is 0 Å². The molecule has 0 bridgehead atoms. The molecule has 1 amide bonds. The lowest BCUT2D eigenvalue weighted by Gasteiger charge is -2.12. The van der Waals surface area contributed by atoms with E-state index in [0.29, 0.717) is 30.6 Å². The summed E-state index contributed by atoms with van der Waals surface area (Å²) in [6.07, 6.45) is 2.21. The van der Waals surface area contributed by atoms with Gasteiger partial charge in [0.25, 0.3) is 0 Å². The van der Waals surface area contributed by atoms with E-state index in [4.69, 9.17) is 9.47 Å². The number of hydrogen-bond donors (Lipinski definition) is 2. The third-order valence-electron chi connectivity index (χ3n) is 3.10. The van der Waals surface area contributed by atoms with Crippen LogP contribution in [0.15, 0.2) is 16.6 Å². The Kier molecular flexibility index (Phi) is 5.25. The molecule has 1 aliphatic carbocycles. The molecule has 1 fully saturated rings. The normalized spacial score (nSPS) is 13.9. The van der Waals surface area contributed by atoms with Crippen LogP contribution in [0.25, 0.3) is 0 Å². The van der Waals surface area contributed by atoms with Gasteiger partial charge in [-0.2, -0.15) is 0 Å². The van der Waals surface area contributed by atoms with Crippen LogP contribution in [0.1, 0.15) is 18.4 Å². The van der Waals surface area contributed by atoms with Crippen LogP contribution in [0.3, 0.4) is 0 Å². The smallest absolute Gasteiger partial charge is 0.234 e. The molecule has 1 aliphatic rings. The number of nitrogens with one attached hydrogen (secondary N) is 2. The zero-order chi connectivity index (χ0) is 14.5. The van der Waals surface area contributed by atoms with Gasteiger partial charge < -0.3 is 20.1 Å². The highest BCUT2D eigenvalue weighted by atomic mass is 79.9. The first-order valence-electron chi connectivity index (χ1n) is 6.54. The van der Waals surface area contributed by atoms with Gasteiger partial charge >= 0.3 is 0 Å². The van der Waals surface area contributed by atoms with Crippen LogP contribution in [-0.2, 0) is 11.3 Å². The minimum absolute atomic E-state index is 0.0455. The largest absolute Gasteiger partial charge is 0.493 e. The molecule has 1 aromatic rings. The van der Waals surface area contributed by atoms with Crippen molar-refractivity contribution in [3.05, 3.63) is 22.2 Å². The number of benzene rings is 1. The third kappa shape index (κ3) is 4.11. The minimum Gasteiger partial charge on any atom is -0.493 e. The zero-order valence-corrected chi connectivity index (χ0v) is 13.2. The van der Waals surface area contributed by atoms with Crippen molar-refractivity contribution < 1.29 is 14.3 Å². The van der Waals surface area contributed by atoms with Crippen molar-refractivity contribution in [3.63, 3.8) is 0 Å². The van der Waals surface area contributed by atoms with Crippen molar-refractivity contribution in [1.29, 1.82) is 0 Å². The van der Waals surface area contributed by atoms with Crippen molar-refractivity contribution in [2.75, 3.05) is 20.8 Å². The molecule has 0 aliphatic heterocycles. The van der Waals surface area contributed by atoms with Crippen LogP contribution in [0.2, 0.25) is 0 Å². The highest BCUT2D eigenvalue weighted by Crippen LogP contribution is 2.33. The first kappa shape index (κ1) is 15.1. The van der Waals surface area contributed by atoms with E-state index in [1.807, 2.05) is 12.1 Å². The number of carbonyl (C=O) groups excluding carboxylic acids is 1. The fourth-order valence-corrected chi connectivity index (χ4v) is 2.31. The Balaban J connectivity index is 1.89. The molecule has 2 N–H and O–H groups in total. The molecule has 1 saturated carbocycles. The van der Waals surface area contributed by atoms with Gasteiger partial charge in [-0.1, -0.05) is 15.9 Å². The minimum atomic E-state index is 0.0455. The predicted octanol–water partition coefficient (Wildman–Crippen LogP) is 1.83. The summed E-state index contributed by atoms with van der Waals surface area (Å²) >= 11 is 3.49. The SMILES string of the molecule is COc1cc(Br)c(CNCC(=O)NC2CC2)cc1OC. The number of rotatable bonds is 7. The highest BCUT2D eigenvalue weighted by molar-refractivity contribution is 9.10. The first-order valence-corrected chi connectivity index (χ1v) is 7.33. The Labute approximate surface area is 127 Å². The van der Waals surface area contributed by atoms with E-state index in [0.717, 1.165) is 22.9 Å². The summed E-state index contributed by atoms with van der Waals surface area (Å²) in [5.41, 5.74) is 1.02. The number of carbonyl (C=O) groups is 1. The van der Waals surface area contributed by atoms with E-state index < -0.39 is 0 Å². The summed E-state index contributed by atoms with van der Waals surface area (Å²) in [7, 11) is 3.20. The molecule has 1 aromatic carbocycles. The van der Waals surface area contributed by atoms with E-state index in [1.54, 1.807) is 14.2 Å². The van der Waals surface area contributed by atoms with E-state index in [-0.39, 0.29) is 5.91 Å². The average molecular weight is 343 g/mol. The second-order valence-corrected chi connectivity index (χ2v) is 5.60. The molecule has 0 radical (unpaired) electrons. The maximum Gasteiger partial charge on any atom is 0.234 e. The quantitative estimate of drug-likeness (QED) is 0.793. The fourth-order valence-electron chi connectivity index (χ4n) is 1.85. The van der Waals surface area contributed by atoms with Gasteiger partial charge in [0, 0.05) is 17.1 Å². The Hall–Kier alpha value is -1.27. The van der Waals surface area contributed by atoms with Crippen molar-refractivity contribution in [1.82, 2.24) is 10.6 Å². The molecule has 0 spiro atoms. The Morgan fingerprint density at radius 1 is 1.30 bits per heavy atom. The summed E-state index contributed by atoms with van der Waals surface area (Å²) in [6.45, 7) is 0.899. The molecule has 20 heavy (non-hydrogen) atoms. The predicted molar refractivity (Wildman–Crippen MR) is 80.1 cm³/mol. The molecule has 110 valence electrons. The zero-order valence-electron chi connectivity index (χ0n) is 11.7. The Morgan fingerprint density at radius 2 is 1.95 bits per heavy atom. The monoisotopic (exact) mass is 342 g/mol. The van der Waals surface area contributed by atoms with Crippen LogP contribution in [-0.4, -0.2) is 32.7 Å². The molecular weight excluding hydrogens is 324 g/mol. The van der Waals surface area contributed by atoms with Crippen LogP contribution in [0.5, 0.6) is 11.5 Å². The van der Waals surface area contributed by atoms with Crippen LogP contribution in [0.4, 0.5) is 0 Å². The molecule has 5 nitrogen and oxygen atoms in total. The molecule has 2 rings (SSSR count). The molecule has 0 saturated heterocycles. The van der Waals surface area contributed by atoms with Crippen molar-refractivity contribution >= 4 is 21.8 Å². The van der Waals surface area contributed by atoms with Gasteiger partial charge in [-0.25, -0.2) is 0 Å². The molecule has 0 aromatic heterocycles. The number of ether oxygens (including phenoxy) is 2. The fraction of sp³-hybridized carbons (Fsp3) is 0.500. The lowest BCUT2D eigenvalue weighted by Crippen LogP contribution is -2.34. The molecule has 0 unspecified atom stereocenters. The summed E-state index contributed by atoms with van der Waals surface area (Å²) in [5.74, 6) is 1.40. The van der Waals surface area contributed by atoms with Gasteiger partial charge in [0.05, 0.1) is 20.8 Å². The Morgan fingerprint density at radius 3 is 2.55 bits per heavy atom. The van der Waals surface area contributed by atoms with Gasteiger partial charge in [-0.15, -0.1) is 0 Å². The van der Waals surface area contributed by atoms with Crippen molar-refractivity contribution in [3.8, 4) is 11.5 Å². The summed E-state index contributed by atoms with van der Waals surface area (Å²) in [6, 6.07) is 4.16. The van der Waals surface area contributed by atoms with Gasteiger partial charge in [0.15, 0.2) is 11.5 Å². The summed E-state index contributed by atoms with van der Waals surface area (Å²) in [5, 5.41) is 6.06. The lowest BCUT2D eigenvalue weighted by molar-refractivity contribution is -0.120. The summed E-state index contributed by atoms with van der Waals surface area (Å²) < 4.78 is 11.4. The second-order valence-electron chi connectivity index (χ2n) is 4.74. The number of amides is 1. The second kappa shape index (κ2) is 6.95. The molecule has 0 atom stereocenters.